The Hall–Kier alpha value is -7.04. The minimum Gasteiger partial charge on any atom is -0.309 e. The highest BCUT2D eigenvalue weighted by Crippen LogP contribution is 2.38. The van der Waals surface area contributed by atoms with Crippen molar-refractivity contribution in [1.82, 2.24) is 19.1 Å². The second-order valence-corrected chi connectivity index (χ2v) is 13.4. The summed E-state index contributed by atoms with van der Waals surface area (Å²) in [5.74, 6) is 0.727. The van der Waals surface area contributed by atoms with Crippen molar-refractivity contribution in [1.29, 1.82) is 0 Å². The van der Waals surface area contributed by atoms with Gasteiger partial charge in [-0.15, -0.1) is 0 Å². The lowest BCUT2D eigenvalue weighted by atomic mass is 10.0. The van der Waals surface area contributed by atoms with E-state index in [0.29, 0.717) is 0 Å². The molecular formula is C48H30N4. The summed E-state index contributed by atoms with van der Waals surface area (Å²) >= 11 is 0. The molecule has 0 aliphatic rings. The van der Waals surface area contributed by atoms with E-state index in [4.69, 9.17) is 9.97 Å². The monoisotopic (exact) mass is 662 g/mol. The molecule has 4 heteroatoms. The van der Waals surface area contributed by atoms with Gasteiger partial charge in [0.2, 0.25) is 0 Å². The van der Waals surface area contributed by atoms with E-state index in [1.807, 2.05) is 18.2 Å². The number of rotatable bonds is 4. The van der Waals surface area contributed by atoms with Crippen molar-refractivity contribution in [3.05, 3.63) is 182 Å². The predicted molar refractivity (Wildman–Crippen MR) is 217 cm³/mol. The minimum absolute atomic E-state index is 0.727. The number of hydrogen-bond donors (Lipinski definition) is 0. The zero-order chi connectivity index (χ0) is 34.2. The number of hydrogen-bond acceptors (Lipinski definition) is 2. The molecule has 0 unspecified atom stereocenters. The molecule has 242 valence electrons. The molecule has 0 amide bonds. The Morgan fingerprint density at radius 2 is 0.846 bits per heavy atom. The molecule has 11 aromatic rings. The molecule has 0 saturated heterocycles. The van der Waals surface area contributed by atoms with Gasteiger partial charge in [0.25, 0.3) is 0 Å². The van der Waals surface area contributed by atoms with Crippen LogP contribution in [0.4, 0.5) is 0 Å². The van der Waals surface area contributed by atoms with Crippen LogP contribution in [0.2, 0.25) is 0 Å². The van der Waals surface area contributed by atoms with Crippen LogP contribution in [0.3, 0.4) is 0 Å². The maximum absolute atomic E-state index is 5.12. The predicted octanol–water partition coefficient (Wildman–Crippen LogP) is 12.3. The average Bonchev–Trinajstić information content (AvgIpc) is 3.73. The molecule has 0 radical (unpaired) electrons. The lowest BCUT2D eigenvalue weighted by Crippen LogP contribution is -1.96. The standard InChI is InChI=1S/C48H30N4/c1-2-12-31(13-3-1)47-40-17-4-8-18-42(40)49-48(50-47)34-23-22-33-29-35(25-24-32(33)28-34)51-45-21-11-7-16-39(45)41-30-36(26-27-46(41)51)52-43-19-9-5-14-37(43)38-15-6-10-20-44(38)52/h1-30H. The summed E-state index contributed by atoms with van der Waals surface area (Å²) < 4.78 is 4.79. The Morgan fingerprint density at radius 3 is 1.56 bits per heavy atom. The Morgan fingerprint density at radius 1 is 0.327 bits per heavy atom. The third-order valence-corrected chi connectivity index (χ3v) is 10.5. The van der Waals surface area contributed by atoms with Gasteiger partial charge in [-0.3, -0.25) is 0 Å². The normalized spacial score (nSPS) is 11.8. The van der Waals surface area contributed by atoms with Crippen molar-refractivity contribution in [3.63, 3.8) is 0 Å². The summed E-state index contributed by atoms with van der Waals surface area (Å²) in [5.41, 5.74) is 11.1. The number of aromatic nitrogens is 4. The van der Waals surface area contributed by atoms with Crippen molar-refractivity contribution >= 4 is 65.3 Å². The van der Waals surface area contributed by atoms with E-state index in [0.717, 1.165) is 55.7 Å². The van der Waals surface area contributed by atoms with E-state index in [2.05, 4.69) is 173 Å². The highest BCUT2D eigenvalue weighted by atomic mass is 15.0. The quantitative estimate of drug-likeness (QED) is 0.188. The zero-order valence-electron chi connectivity index (χ0n) is 28.1. The van der Waals surface area contributed by atoms with Crippen LogP contribution in [0.5, 0.6) is 0 Å². The fraction of sp³-hybridized carbons (Fsp3) is 0. The lowest BCUT2D eigenvalue weighted by molar-refractivity contribution is 1.17. The van der Waals surface area contributed by atoms with Crippen molar-refractivity contribution in [3.8, 4) is 34.0 Å². The topological polar surface area (TPSA) is 35.6 Å². The molecule has 0 atom stereocenters. The molecule has 0 N–H and O–H groups in total. The van der Waals surface area contributed by atoms with Gasteiger partial charge in [0.15, 0.2) is 5.82 Å². The second-order valence-electron chi connectivity index (χ2n) is 13.4. The Balaban J connectivity index is 1.05. The molecule has 8 aromatic carbocycles. The molecule has 0 saturated carbocycles. The summed E-state index contributed by atoms with van der Waals surface area (Å²) in [6.45, 7) is 0. The fourth-order valence-electron chi connectivity index (χ4n) is 8.11. The van der Waals surface area contributed by atoms with E-state index in [-0.39, 0.29) is 0 Å². The molecule has 0 spiro atoms. The van der Waals surface area contributed by atoms with Gasteiger partial charge < -0.3 is 9.13 Å². The Labute approximate surface area is 299 Å². The van der Waals surface area contributed by atoms with Crippen LogP contribution >= 0.6 is 0 Å². The molecule has 0 fully saturated rings. The second kappa shape index (κ2) is 11.2. The highest BCUT2D eigenvalue weighted by Gasteiger charge is 2.17. The maximum Gasteiger partial charge on any atom is 0.160 e. The van der Waals surface area contributed by atoms with E-state index in [9.17, 15) is 0 Å². The maximum atomic E-state index is 5.12. The zero-order valence-corrected chi connectivity index (χ0v) is 28.1. The summed E-state index contributed by atoms with van der Waals surface area (Å²) in [7, 11) is 0. The van der Waals surface area contributed by atoms with E-state index >= 15 is 0 Å². The van der Waals surface area contributed by atoms with Crippen LogP contribution in [0.25, 0.3) is 99.3 Å². The van der Waals surface area contributed by atoms with E-state index < -0.39 is 0 Å². The summed E-state index contributed by atoms with van der Waals surface area (Å²) in [6, 6.07) is 64.9. The smallest absolute Gasteiger partial charge is 0.160 e. The Bertz CT molecular complexity index is 3130. The van der Waals surface area contributed by atoms with Crippen molar-refractivity contribution in [2.24, 2.45) is 0 Å². The molecule has 52 heavy (non-hydrogen) atoms. The third kappa shape index (κ3) is 4.34. The van der Waals surface area contributed by atoms with Crippen molar-refractivity contribution < 1.29 is 0 Å². The van der Waals surface area contributed by atoms with Gasteiger partial charge in [-0.05, 0) is 71.4 Å². The molecule has 0 aliphatic heterocycles. The molecule has 4 nitrogen and oxygen atoms in total. The van der Waals surface area contributed by atoms with Crippen LogP contribution in [0, 0.1) is 0 Å². The number of fused-ring (bicyclic) bond motifs is 8. The van der Waals surface area contributed by atoms with Gasteiger partial charge >= 0.3 is 0 Å². The molecule has 3 heterocycles. The fourth-order valence-corrected chi connectivity index (χ4v) is 8.11. The van der Waals surface area contributed by atoms with Crippen LogP contribution in [0.15, 0.2) is 182 Å². The molecule has 11 rings (SSSR count). The average molecular weight is 663 g/mol. The van der Waals surface area contributed by atoms with Gasteiger partial charge in [0.1, 0.15) is 0 Å². The van der Waals surface area contributed by atoms with E-state index in [1.54, 1.807) is 0 Å². The van der Waals surface area contributed by atoms with Crippen LogP contribution in [0.1, 0.15) is 0 Å². The van der Waals surface area contributed by atoms with Gasteiger partial charge in [0, 0.05) is 49.4 Å². The number of nitrogens with zero attached hydrogens (tertiary/aromatic N) is 4. The molecular weight excluding hydrogens is 633 g/mol. The first kappa shape index (κ1) is 28.8. The van der Waals surface area contributed by atoms with E-state index in [1.165, 1.54) is 43.6 Å². The largest absolute Gasteiger partial charge is 0.309 e. The van der Waals surface area contributed by atoms with Crippen LogP contribution in [-0.4, -0.2) is 19.1 Å². The lowest BCUT2D eigenvalue weighted by Gasteiger charge is -2.12. The summed E-state index contributed by atoms with van der Waals surface area (Å²) in [6.07, 6.45) is 0. The van der Waals surface area contributed by atoms with Gasteiger partial charge in [0.05, 0.1) is 33.3 Å². The van der Waals surface area contributed by atoms with Gasteiger partial charge in [-0.2, -0.15) is 0 Å². The molecule has 0 aliphatic carbocycles. The summed E-state index contributed by atoms with van der Waals surface area (Å²) in [4.78, 5) is 10.1. The highest BCUT2D eigenvalue weighted by molar-refractivity contribution is 6.12. The third-order valence-electron chi connectivity index (χ3n) is 10.5. The van der Waals surface area contributed by atoms with Gasteiger partial charge in [-0.25, -0.2) is 9.97 Å². The number of benzene rings is 8. The first-order valence-corrected chi connectivity index (χ1v) is 17.7. The van der Waals surface area contributed by atoms with Crippen LogP contribution < -0.4 is 0 Å². The first-order valence-electron chi connectivity index (χ1n) is 17.7. The first-order chi connectivity index (χ1) is 25.8. The van der Waals surface area contributed by atoms with Crippen LogP contribution in [-0.2, 0) is 0 Å². The summed E-state index contributed by atoms with van der Waals surface area (Å²) in [5, 5.41) is 8.36. The number of para-hydroxylation sites is 4. The SMILES string of the molecule is c1ccc(-c2nc(-c3ccc4cc(-n5c6ccccc6c6cc(-n7c8ccccc8c8ccccc87)ccc65)ccc4c3)nc3ccccc23)cc1. The molecule has 3 aromatic heterocycles. The van der Waals surface area contributed by atoms with Gasteiger partial charge in [-0.1, -0.05) is 121 Å². The molecule has 0 bridgehead atoms. The van der Waals surface area contributed by atoms with Crippen molar-refractivity contribution in [2.45, 2.75) is 0 Å². The van der Waals surface area contributed by atoms with Crippen molar-refractivity contribution in [2.75, 3.05) is 0 Å². The Kier molecular flexibility index (Phi) is 6.22. The minimum atomic E-state index is 0.727.